The Balaban J connectivity index is 0.00000190. The zero-order chi connectivity index (χ0) is 25.3. The van der Waals surface area contributed by atoms with Gasteiger partial charge in [0.15, 0.2) is 5.78 Å². The van der Waals surface area contributed by atoms with Crippen molar-refractivity contribution < 1.29 is 89.9 Å². The third kappa shape index (κ3) is 5.11. The molecule has 0 amide bonds. The zero-order valence-corrected chi connectivity index (χ0v) is 25.4. The van der Waals surface area contributed by atoms with E-state index in [0.717, 1.165) is 12.1 Å². The van der Waals surface area contributed by atoms with E-state index in [4.69, 9.17) is 0 Å². The number of benzene rings is 3. The van der Waals surface area contributed by atoms with Gasteiger partial charge in [0.2, 0.25) is 0 Å². The minimum atomic E-state index is -5.21. The average molecular weight is 556 g/mol. The summed E-state index contributed by atoms with van der Waals surface area (Å²) in [5, 5.41) is 3.19. The first-order valence-electron chi connectivity index (χ1n) is 10.0. The Hall–Kier alpha value is -1.84. The van der Waals surface area contributed by atoms with Crippen LogP contribution in [0.4, 0.5) is 11.4 Å². The number of fused-ring (bicyclic) bond motifs is 2. The van der Waals surface area contributed by atoms with E-state index >= 15 is 0 Å². The molecule has 1 aliphatic carbocycles. The predicted octanol–water partition coefficient (Wildman–Crippen LogP) is -3.69. The number of aryl methyl sites for hydroxylation is 1. The van der Waals surface area contributed by atoms with E-state index in [-0.39, 0.29) is 81.6 Å². The van der Waals surface area contributed by atoms with Crippen LogP contribution in [0.1, 0.15) is 15.9 Å². The summed E-state index contributed by atoms with van der Waals surface area (Å²) >= 11 is 0. The first kappa shape index (κ1) is 29.7. The van der Waals surface area contributed by atoms with Crippen molar-refractivity contribution in [3.05, 3.63) is 82.1 Å². The van der Waals surface area contributed by atoms with Gasteiger partial charge in [0, 0.05) is 24.1 Å². The van der Waals surface area contributed by atoms with Crippen LogP contribution in [0.15, 0.2) is 75.2 Å². The van der Waals surface area contributed by atoms with Gasteiger partial charge in [-0.15, -0.1) is 0 Å². The van der Waals surface area contributed by atoms with Crippen molar-refractivity contribution in [1.29, 1.82) is 0 Å². The van der Waals surface area contributed by atoms with E-state index in [1.165, 1.54) is 16.7 Å². The second kappa shape index (κ2) is 10.4. The van der Waals surface area contributed by atoms with Crippen LogP contribution in [0.2, 0.25) is 0 Å². The van der Waals surface area contributed by atoms with E-state index in [0.29, 0.717) is 33.7 Å². The van der Waals surface area contributed by atoms with Crippen LogP contribution in [0, 0.1) is 0 Å². The van der Waals surface area contributed by atoms with Crippen LogP contribution in [0.25, 0.3) is 22.0 Å². The Labute approximate surface area is 255 Å². The van der Waals surface area contributed by atoms with Crippen LogP contribution in [-0.4, -0.2) is 36.3 Å². The second-order valence-electron chi connectivity index (χ2n) is 7.90. The van der Waals surface area contributed by atoms with E-state index in [1.807, 2.05) is 0 Å². The molecular formula is C23H14N2Na2O8S2. The van der Waals surface area contributed by atoms with E-state index < -0.39 is 35.8 Å². The minimum Gasteiger partial charge on any atom is -0.744 e. The molecule has 1 heterocycles. The molecule has 0 bridgehead atoms. The maximum Gasteiger partial charge on any atom is 1.00 e. The number of aromatic nitrogens is 1. The molecule has 0 saturated heterocycles. The summed E-state index contributed by atoms with van der Waals surface area (Å²) in [7, 11) is -8.70. The number of hydrogen-bond donors (Lipinski definition) is 1. The molecule has 0 unspecified atom stereocenters. The number of rotatable bonds is 4. The van der Waals surface area contributed by atoms with Gasteiger partial charge in [-0.3, -0.25) is 9.59 Å². The normalized spacial score (nSPS) is 12.4. The molecule has 0 saturated carbocycles. The fourth-order valence-corrected chi connectivity index (χ4v) is 5.50. The zero-order valence-electron chi connectivity index (χ0n) is 19.8. The number of carbonyl (C=O) groups excluding carboxylic acids is 1. The standard InChI is InChI=1S/C23H16N2O8S2.2Na/c1-25-18-9-8-17(24-16-7-6-12(34(28,29)30)10-19(16)35(31,32)33)22-21(18)15(11-20(25)26)13-4-2-3-5-14(13)23(22)27;;/h2-11,24H,1H3,(H,28,29,30)(H,31,32,33);;/q;2*+1/p-2. The molecule has 1 aromatic heterocycles. The summed E-state index contributed by atoms with van der Waals surface area (Å²) in [4.78, 5) is 24.3. The van der Waals surface area contributed by atoms with Crippen molar-refractivity contribution in [3.63, 3.8) is 0 Å². The smallest absolute Gasteiger partial charge is 0.744 e. The molecule has 0 radical (unpaired) electrons. The van der Waals surface area contributed by atoms with Gasteiger partial charge >= 0.3 is 59.1 Å². The number of nitrogens with one attached hydrogen (secondary N) is 1. The Morgan fingerprint density at radius 2 is 1.38 bits per heavy atom. The maximum absolute atomic E-state index is 13.5. The van der Waals surface area contributed by atoms with E-state index in [1.54, 1.807) is 37.4 Å². The van der Waals surface area contributed by atoms with Gasteiger partial charge in [0.1, 0.15) is 20.2 Å². The Morgan fingerprint density at radius 3 is 2.00 bits per heavy atom. The van der Waals surface area contributed by atoms with Crippen molar-refractivity contribution in [2.75, 3.05) is 5.32 Å². The van der Waals surface area contributed by atoms with Crippen molar-refractivity contribution in [3.8, 4) is 11.1 Å². The van der Waals surface area contributed by atoms with Gasteiger partial charge in [-0.2, -0.15) is 0 Å². The summed E-state index contributed by atoms with van der Waals surface area (Å²) in [5.74, 6) is -0.398. The monoisotopic (exact) mass is 556 g/mol. The van der Waals surface area contributed by atoms with Gasteiger partial charge < -0.3 is 19.0 Å². The molecule has 1 N–H and O–H groups in total. The first-order valence-corrected chi connectivity index (χ1v) is 12.8. The molecule has 14 heteroatoms. The third-order valence-electron chi connectivity index (χ3n) is 5.88. The molecule has 37 heavy (non-hydrogen) atoms. The number of ketones is 1. The van der Waals surface area contributed by atoms with Gasteiger partial charge in [-0.25, -0.2) is 16.8 Å². The van der Waals surface area contributed by atoms with Crippen LogP contribution >= 0.6 is 0 Å². The van der Waals surface area contributed by atoms with Crippen molar-refractivity contribution in [2.45, 2.75) is 9.79 Å². The summed E-state index contributed by atoms with van der Waals surface area (Å²) in [6.07, 6.45) is 0. The Bertz CT molecular complexity index is 1890. The average Bonchev–Trinajstić information content (AvgIpc) is 2.79. The van der Waals surface area contributed by atoms with Crippen LogP contribution in [-0.2, 0) is 27.3 Å². The number of anilines is 2. The number of carbonyl (C=O) groups is 1. The molecule has 0 fully saturated rings. The molecule has 0 spiro atoms. The van der Waals surface area contributed by atoms with Crippen LogP contribution in [0.3, 0.4) is 0 Å². The molecule has 0 atom stereocenters. The first-order chi connectivity index (χ1) is 16.4. The van der Waals surface area contributed by atoms with Crippen LogP contribution in [0.5, 0.6) is 0 Å². The van der Waals surface area contributed by atoms with Crippen molar-refractivity contribution >= 4 is 48.3 Å². The van der Waals surface area contributed by atoms with Crippen molar-refractivity contribution in [1.82, 2.24) is 4.57 Å². The van der Waals surface area contributed by atoms with Gasteiger partial charge in [-0.05, 0) is 41.5 Å². The third-order valence-corrected chi connectivity index (χ3v) is 7.59. The fourth-order valence-electron chi connectivity index (χ4n) is 4.27. The Kier molecular flexibility index (Phi) is 8.33. The number of hydrogen-bond acceptors (Lipinski definition) is 9. The topological polar surface area (TPSA) is 166 Å². The van der Waals surface area contributed by atoms with Gasteiger partial charge in [0.25, 0.3) is 5.56 Å². The van der Waals surface area contributed by atoms with E-state index in [2.05, 4.69) is 5.32 Å². The summed E-state index contributed by atoms with van der Waals surface area (Å²) < 4.78 is 71.0. The van der Waals surface area contributed by atoms with Crippen LogP contribution < -0.4 is 70.0 Å². The minimum absolute atomic E-state index is 0. The second-order valence-corrected chi connectivity index (χ2v) is 10.6. The molecular weight excluding hydrogens is 542 g/mol. The predicted molar refractivity (Wildman–Crippen MR) is 124 cm³/mol. The maximum atomic E-state index is 13.5. The molecule has 1 aliphatic rings. The van der Waals surface area contributed by atoms with Crippen molar-refractivity contribution in [2.24, 2.45) is 7.05 Å². The summed E-state index contributed by atoms with van der Waals surface area (Å²) in [5.41, 5.74) is 1.52. The SMILES string of the molecule is Cn1c(=O)cc2c3c(c(Nc4ccc(S(=O)(=O)[O-])cc4S(=O)(=O)[O-])ccc31)C(=O)c1ccccc1-2.[Na+].[Na+]. The van der Waals surface area contributed by atoms with Gasteiger partial charge in [-0.1, -0.05) is 24.3 Å². The Morgan fingerprint density at radius 1 is 0.757 bits per heavy atom. The molecule has 178 valence electrons. The van der Waals surface area contributed by atoms with E-state index in [9.17, 15) is 35.5 Å². The molecule has 10 nitrogen and oxygen atoms in total. The summed E-state index contributed by atoms with van der Waals surface area (Å²) in [6.45, 7) is 0. The number of pyridine rings is 1. The molecule has 5 rings (SSSR count). The number of nitrogens with zero attached hydrogens (tertiary/aromatic N) is 1. The molecule has 4 aromatic rings. The molecule has 0 aliphatic heterocycles. The summed E-state index contributed by atoms with van der Waals surface area (Å²) in [6, 6.07) is 13.4. The largest absolute Gasteiger partial charge is 1.00 e. The quantitative estimate of drug-likeness (QED) is 0.173. The molecule has 3 aromatic carbocycles. The van der Waals surface area contributed by atoms with Gasteiger partial charge in [0.05, 0.1) is 32.2 Å². The fraction of sp³-hybridized carbons (Fsp3) is 0.0435.